The summed E-state index contributed by atoms with van der Waals surface area (Å²) in [5.74, 6) is 0. The van der Waals surface area contributed by atoms with E-state index >= 15 is 0 Å². The first-order valence-corrected chi connectivity index (χ1v) is 31.8. The molecule has 0 aromatic heterocycles. The first kappa shape index (κ1) is 57.2. The Hall–Kier alpha value is -12.3. The van der Waals surface area contributed by atoms with Gasteiger partial charge in [-0.1, -0.05) is 285 Å². The molecule has 15 rings (SSSR count). The maximum Gasteiger partial charge on any atom is 0.0462 e. The van der Waals surface area contributed by atoms with E-state index in [0.717, 1.165) is 73.4 Å². The standard InChI is InChI=1S/C90H65N3/c1-6-24-70(25-7-1)91(71-26-8-2-9-27-71)75-54-42-66(43-55-75)50-62-87-79-34-16-20-38-83(79)89(84-39-21-17-35-80(84)87)64-52-68-46-58-77(59-47-68)93(74-32-14-5-15-33-74)78-60-48-69(49-61-78)53-65-90-85-40-22-18-36-81(85)88(82-37-19-23-41-86(82)90)63-51-67-44-56-76(57-45-67)92(72-28-10-3-11-29-72)73-30-12-4-13-31-73/h1-65H/b62-50+,63-51+,64-52+,65-53+. The molecule has 0 spiro atoms. The van der Waals surface area contributed by atoms with Crippen molar-refractivity contribution in [1.82, 2.24) is 0 Å². The van der Waals surface area contributed by atoms with Crippen molar-refractivity contribution in [1.29, 1.82) is 0 Å². The van der Waals surface area contributed by atoms with Gasteiger partial charge in [0.15, 0.2) is 0 Å². The number of para-hydroxylation sites is 5. The fraction of sp³-hybridized carbons (Fsp3) is 0. The Morgan fingerprint density at radius 3 is 0.430 bits per heavy atom. The Morgan fingerprint density at radius 2 is 0.269 bits per heavy atom. The summed E-state index contributed by atoms with van der Waals surface area (Å²) in [6, 6.07) is 124. The second-order valence-electron chi connectivity index (χ2n) is 23.2. The second kappa shape index (κ2) is 26.4. The van der Waals surface area contributed by atoms with Crippen LogP contribution in [0, 0.1) is 0 Å². The van der Waals surface area contributed by atoms with Crippen LogP contribution in [0.5, 0.6) is 0 Å². The molecule has 0 unspecified atom stereocenters. The van der Waals surface area contributed by atoms with Crippen LogP contribution < -0.4 is 14.7 Å². The topological polar surface area (TPSA) is 9.72 Å². The number of fused-ring (bicyclic) bond motifs is 4. The molecule has 440 valence electrons. The lowest BCUT2D eigenvalue weighted by atomic mass is 9.90. The summed E-state index contributed by atoms with van der Waals surface area (Å²) < 4.78 is 0. The van der Waals surface area contributed by atoms with Gasteiger partial charge in [0.2, 0.25) is 0 Å². The molecule has 0 fully saturated rings. The molecule has 0 N–H and O–H groups in total. The largest absolute Gasteiger partial charge is 0.311 e. The number of hydrogen-bond donors (Lipinski definition) is 0. The molecule has 3 nitrogen and oxygen atoms in total. The Balaban J connectivity index is 0.681. The predicted octanol–water partition coefficient (Wildman–Crippen LogP) is 25.4. The van der Waals surface area contributed by atoms with Gasteiger partial charge in [0.1, 0.15) is 0 Å². The van der Waals surface area contributed by atoms with Gasteiger partial charge in [-0.3, -0.25) is 0 Å². The fourth-order valence-corrected chi connectivity index (χ4v) is 13.0. The van der Waals surface area contributed by atoms with Crippen LogP contribution in [0.25, 0.3) is 91.7 Å². The highest BCUT2D eigenvalue weighted by molar-refractivity contribution is 6.16. The van der Waals surface area contributed by atoms with Gasteiger partial charge in [-0.25, -0.2) is 0 Å². The highest BCUT2D eigenvalue weighted by atomic mass is 15.2. The maximum absolute atomic E-state index is 2.33. The quantitative estimate of drug-likeness (QED) is 0.0665. The van der Waals surface area contributed by atoms with E-state index in [-0.39, 0.29) is 0 Å². The van der Waals surface area contributed by atoms with Crippen molar-refractivity contribution >= 4 is 143 Å². The van der Waals surface area contributed by atoms with Crippen molar-refractivity contribution in [3.8, 4) is 0 Å². The SMILES string of the molecule is C(=C\c1c2ccccc2c(/C=C/c2ccc(N(c3ccccc3)c3ccc(/C=C/c4c5ccccc5c(/C=C/c5ccc(N(c6ccccc6)c6ccccc6)cc5)c5ccccc45)cc3)cc2)c2ccccc12)/c1ccc(N(c2ccccc2)c2ccccc2)cc1. The van der Waals surface area contributed by atoms with Crippen molar-refractivity contribution in [2.45, 2.75) is 0 Å². The molecule has 0 atom stereocenters. The molecular weight excluding hydrogens is 1120 g/mol. The third kappa shape index (κ3) is 12.1. The summed E-state index contributed by atoms with van der Waals surface area (Å²) in [5.41, 5.74) is 19.3. The van der Waals surface area contributed by atoms with E-state index in [4.69, 9.17) is 0 Å². The van der Waals surface area contributed by atoms with Gasteiger partial charge in [0.05, 0.1) is 0 Å². The lowest BCUT2D eigenvalue weighted by Crippen LogP contribution is -2.09. The molecule has 0 saturated carbocycles. The fourth-order valence-electron chi connectivity index (χ4n) is 13.0. The number of hydrogen-bond acceptors (Lipinski definition) is 3. The van der Waals surface area contributed by atoms with E-state index in [1.54, 1.807) is 0 Å². The van der Waals surface area contributed by atoms with E-state index < -0.39 is 0 Å². The third-order valence-electron chi connectivity index (χ3n) is 17.5. The zero-order chi connectivity index (χ0) is 62.1. The van der Waals surface area contributed by atoms with E-state index in [1.165, 1.54) is 65.3 Å². The molecule has 0 amide bonds. The average molecular weight is 1190 g/mol. The lowest BCUT2D eigenvalue weighted by molar-refractivity contribution is 1.28. The summed E-state index contributed by atoms with van der Waals surface area (Å²) in [5, 5.41) is 9.72. The molecule has 0 aliphatic rings. The predicted molar refractivity (Wildman–Crippen MR) is 402 cm³/mol. The van der Waals surface area contributed by atoms with Crippen LogP contribution in [0.15, 0.2) is 346 Å². The van der Waals surface area contributed by atoms with Gasteiger partial charge in [0, 0.05) is 51.2 Å². The van der Waals surface area contributed by atoms with Crippen molar-refractivity contribution in [3.05, 3.63) is 390 Å². The molecule has 93 heavy (non-hydrogen) atoms. The van der Waals surface area contributed by atoms with Crippen molar-refractivity contribution < 1.29 is 0 Å². The number of nitrogens with zero attached hydrogens (tertiary/aromatic N) is 3. The lowest BCUT2D eigenvalue weighted by Gasteiger charge is -2.25. The van der Waals surface area contributed by atoms with Crippen LogP contribution in [0.1, 0.15) is 44.5 Å². The van der Waals surface area contributed by atoms with Crippen molar-refractivity contribution in [3.63, 3.8) is 0 Å². The highest BCUT2D eigenvalue weighted by Gasteiger charge is 2.17. The Morgan fingerprint density at radius 1 is 0.129 bits per heavy atom. The van der Waals surface area contributed by atoms with E-state index in [1.807, 2.05) is 0 Å². The van der Waals surface area contributed by atoms with Crippen LogP contribution >= 0.6 is 0 Å². The molecule has 15 aromatic rings. The van der Waals surface area contributed by atoms with Crippen LogP contribution in [0.2, 0.25) is 0 Å². The molecule has 0 heterocycles. The van der Waals surface area contributed by atoms with Crippen LogP contribution in [-0.2, 0) is 0 Å². The van der Waals surface area contributed by atoms with Gasteiger partial charge in [0.25, 0.3) is 0 Å². The summed E-state index contributed by atoms with van der Waals surface area (Å²) in [6.45, 7) is 0. The summed E-state index contributed by atoms with van der Waals surface area (Å²) >= 11 is 0. The minimum atomic E-state index is 1.08. The summed E-state index contributed by atoms with van der Waals surface area (Å²) in [6.07, 6.45) is 18.2. The number of rotatable bonds is 17. The molecule has 0 aliphatic heterocycles. The molecule has 3 heteroatoms. The number of benzene rings is 15. The molecular formula is C90H65N3. The highest BCUT2D eigenvalue weighted by Crippen LogP contribution is 2.41. The zero-order valence-corrected chi connectivity index (χ0v) is 51.4. The van der Waals surface area contributed by atoms with Crippen molar-refractivity contribution in [2.24, 2.45) is 0 Å². The van der Waals surface area contributed by atoms with Crippen molar-refractivity contribution in [2.75, 3.05) is 14.7 Å². The minimum Gasteiger partial charge on any atom is -0.311 e. The Kier molecular flexibility index (Phi) is 16.2. The Bertz CT molecular complexity index is 4690. The third-order valence-corrected chi connectivity index (χ3v) is 17.5. The van der Waals surface area contributed by atoms with Crippen LogP contribution in [0.4, 0.5) is 51.2 Å². The van der Waals surface area contributed by atoms with Gasteiger partial charge in [-0.2, -0.15) is 0 Å². The van der Waals surface area contributed by atoms with E-state index in [0.29, 0.717) is 0 Å². The average Bonchev–Trinajstić information content (AvgIpc) is 0.825. The second-order valence-corrected chi connectivity index (χ2v) is 23.2. The molecule has 0 radical (unpaired) electrons. The van der Waals surface area contributed by atoms with E-state index in [9.17, 15) is 0 Å². The van der Waals surface area contributed by atoms with Gasteiger partial charge in [-0.15, -0.1) is 0 Å². The monoisotopic (exact) mass is 1190 g/mol. The molecule has 0 saturated heterocycles. The van der Waals surface area contributed by atoms with Gasteiger partial charge >= 0.3 is 0 Å². The first-order chi connectivity index (χ1) is 46.1. The summed E-state index contributed by atoms with van der Waals surface area (Å²) in [7, 11) is 0. The van der Waals surface area contributed by atoms with Crippen LogP contribution in [0.3, 0.4) is 0 Å². The molecule has 0 aliphatic carbocycles. The molecule has 0 bridgehead atoms. The zero-order valence-electron chi connectivity index (χ0n) is 51.4. The smallest absolute Gasteiger partial charge is 0.0462 e. The first-order valence-electron chi connectivity index (χ1n) is 31.8. The van der Waals surface area contributed by atoms with Gasteiger partial charge < -0.3 is 14.7 Å². The minimum absolute atomic E-state index is 1.08. The van der Waals surface area contributed by atoms with E-state index in [2.05, 4.69) is 409 Å². The van der Waals surface area contributed by atoms with Gasteiger partial charge in [-0.05, 0) is 197 Å². The normalized spacial score (nSPS) is 11.7. The summed E-state index contributed by atoms with van der Waals surface area (Å²) in [4.78, 5) is 6.92. The van der Waals surface area contributed by atoms with Crippen LogP contribution in [-0.4, -0.2) is 0 Å². The maximum atomic E-state index is 2.33. The molecule has 15 aromatic carbocycles. The Labute approximate surface area is 544 Å². The number of anilines is 9.